The zero-order valence-corrected chi connectivity index (χ0v) is 13.5. The summed E-state index contributed by atoms with van der Waals surface area (Å²) < 4.78 is 23.8. The minimum Gasteiger partial charge on any atom is -0.489 e. The van der Waals surface area contributed by atoms with Gasteiger partial charge in [-0.3, -0.25) is 4.79 Å². The first-order chi connectivity index (χ1) is 11.1. The van der Waals surface area contributed by atoms with Crippen LogP contribution in [-0.4, -0.2) is 37.8 Å². The molecular formula is C15H18FN3O3S. The SMILES string of the molecule is COCCOc1ccc(F)cc1NC(=O)c1csc(CCN)n1. The molecule has 1 amide bonds. The number of nitrogens with one attached hydrogen (secondary N) is 1. The van der Waals surface area contributed by atoms with Crippen LogP contribution < -0.4 is 15.8 Å². The number of nitrogens with zero attached hydrogens (tertiary/aromatic N) is 1. The summed E-state index contributed by atoms with van der Waals surface area (Å²) in [5.74, 6) is -0.526. The molecule has 0 fully saturated rings. The third-order valence-electron chi connectivity index (χ3n) is 2.88. The van der Waals surface area contributed by atoms with Crippen molar-refractivity contribution >= 4 is 22.9 Å². The van der Waals surface area contributed by atoms with Crippen molar-refractivity contribution in [3.05, 3.63) is 40.1 Å². The number of carbonyl (C=O) groups is 1. The van der Waals surface area contributed by atoms with Gasteiger partial charge in [0.25, 0.3) is 5.91 Å². The molecule has 2 aromatic rings. The van der Waals surface area contributed by atoms with Crippen LogP contribution in [0.5, 0.6) is 5.75 Å². The van der Waals surface area contributed by atoms with E-state index >= 15 is 0 Å². The molecule has 0 saturated carbocycles. The van der Waals surface area contributed by atoms with E-state index in [-0.39, 0.29) is 11.4 Å². The second-order valence-corrected chi connectivity index (χ2v) is 5.54. The van der Waals surface area contributed by atoms with E-state index in [1.54, 1.807) is 12.5 Å². The van der Waals surface area contributed by atoms with Gasteiger partial charge in [-0.1, -0.05) is 0 Å². The van der Waals surface area contributed by atoms with Crippen LogP contribution in [0.1, 0.15) is 15.5 Å². The monoisotopic (exact) mass is 339 g/mol. The number of aromatic nitrogens is 1. The molecule has 8 heteroatoms. The highest BCUT2D eigenvalue weighted by Crippen LogP contribution is 2.26. The lowest BCUT2D eigenvalue weighted by molar-refractivity contribution is 0.102. The Morgan fingerprint density at radius 1 is 1.43 bits per heavy atom. The maximum absolute atomic E-state index is 13.4. The number of amides is 1. The smallest absolute Gasteiger partial charge is 0.275 e. The van der Waals surface area contributed by atoms with Crippen molar-refractivity contribution in [2.24, 2.45) is 5.73 Å². The van der Waals surface area contributed by atoms with E-state index in [0.717, 1.165) is 5.01 Å². The Morgan fingerprint density at radius 3 is 3.00 bits per heavy atom. The lowest BCUT2D eigenvalue weighted by atomic mass is 10.2. The van der Waals surface area contributed by atoms with Crippen LogP contribution in [0.25, 0.3) is 0 Å². The number of carbonyl (C=O) groups excluding carboxylic acids is 1. The van der Waals surface area contributed by atoms with Gasteiger partial charge in [0.05, 0.1) is 17.3 Å². The fourth-order valence-electron chi connectivity index (χ4n) is 1.80. The van der Waals surface area contributed by atoms with Crippen molar-refractivity contribution in [2.45, 2.75) is 6.42 Å². The highest BCUT2D eigenvalue weighted by molar-refractivity contribution is 7.09. The predicted octanol–water partition coefficient (Wildman–Crippen LogP) is 2.06. The van der Waals surface area contributed by atoms with E-state index in [0.29, 0.717) is 31.9 Å². The maximum Gasteiger partial charge on any atom is 0.275 e. The molecule has 1 heterocycles. The quantitative estimate of drug-likeness (QED) is 0.719. The van der Waals surface area contributed by atoms with Gasteiger partial charge in [-0.15, -0.1) is 11.3 Å². The van der Waals surface area contributed by atoms with Crippen LogP contribution in [-0.2, 0) is 11.2 Å². The zero-order valence-electron chi connectivity index (χ0n) is 12.7. The molecule has 2 rings (SSSR count). The molecule has 23 heavy (non-hydrogen) atoms. The van der Waals surface area contributed by atoms with Crippen molar-refractivity contribution in [3.8, 4) is 5.75 Å². The van der Waals surface area contributed by atoms with Crippen LogP contribution in [0, 0.1) is 5.82 Å². The number of halogens is 1. The number of anilines is 1. The summed E-state index contributed by atoms with van der Waals surface area (Å²) in [7, 11) is 1.55. The molecule has 0 atom stereocenters. The lowest BCUT2D eigenvalue weighted by Crippen LogP contribution is -2.14. The molecule has 6 nitrogen and oxygen atoms in total. The van der Waals surface area contributed by atoms with Gasteiger partial charge in [-0.05, 0) is 18.7 Å². The van der Waals surface area contributed by atoms with Gasteiger partial charge >= 0.3 is 0 Å². The second kappa shape index (κ2) is 8.56. The van der Waals surface area contributed by atoms with Crippen LogP contribution in [0.15, 0.2) is 23.6 Å². The third-order valence-corrected chi connectivity index (χ3v) is 3.79. The van der Waals surface area contributed by atoms with Gasteiger partial charge in [0.1, 0.15) is 23.9 Å². The van der Waals surface area contributed by atoms with Crippen molar-refractivity contribution in [3.63, 3.8) is 0 Å². The number of hydrogen-bond acceptors (Lipinski definition) is 6. The van der Waals surface area contributed by atoms with Crippen LogP contribution in [0.3, 0.4) is 0 Å². The molecule has 124 valence electrons. The molecule has 1 aromatic carbocycles. The topological polar surface area (TPSA) is 86.5 Å². The molecule has 0 spiro atoms. The molecule has 1 aromatic heterocycles. The summed E-state index contributed by atoms with van der Waals surface area (Å²) in [5.41, 5.74) is 5.98. The van der Waals surface area contributed by atoms with Gasteiger partial charge in [0, 0.05) is 25.0 Å². The summed E-state index contributed by atoms with van der Waals surface area (Å²) in [6, 6.07) is 3.93. The number of rotatable bonds is 8. The second-order valence-electron chi connectivity index (χ2n) is 4.60. The van der Waals surface area contributed by atoms with Crippen molar-refractivity contribution in [1.82, 2.24) is 4.98 Å². The third kappa shape index (κ3) is 4.98. The predicted molar refractivity (Wildman–Crippen MR) is 86.6 cm³/mol. The number of nitrogens with two attached hydrogens (primary N) is 1. The first-order valence-electron chi connectivity index (χ1n) is 7.01. The Morgan fingerprint density at radius 2 is 2.26 bits per heavy atom. The van der Waals surface area contributed by atoms with Crippen LogP contribution in [0.2, 0.25) is 0 Å². The van der Waals surface area contributed by atoms with Gasteiger partial charge in [-0.25, -0.2) is 9.37 Å². The average molecular weight is 339 g/mol. The number of ether oxygens (including phenoxy) is 2. The van der Waals surface area contributed by atoms with E-state index in [1.165, 1.54) is 29.5 Å². The summed E-state index contributed by atoms with van der Waals surface area (Å²) >= 11 is 1.36. The average Bonchev–Trinajstić information content (AvgIpc) is 2.99. The maximum atomic E-state index is 13.4. The van der Waals surface area contributed by atoms with E-state index in [9.17, 15) is 9.18 Å². The lowest BCUT2D eigenvalue weighted by Gasteiger charge is -2.12. The van der Waals surface area contributed by atoms with Crippen LogP contribution >= 0.6 is 11.3 Å². The van der Waals surface area contributed by atoms with Crippen molar-refractivity contribution in [2.75, 3.05) is 32.2 Å². The normalized spacial score (nSPS) is 10.6. The summed E-state index contributed by atoms with van der Waals surface area (Å²) in [4.78, 5) is 16.4. The van der Waals surface area contributed by atoms with E-state index < -0.39 is 11.7 Å². The fourth-order valence-corrected chi connectivity index (χ4v) is 2.59. The molecule has 0 saturated heterocycles. The highest BCUT2D eigenvalue weighted by Gasteiger charge is 2.14. The summed E-state index contributed by atoms with van der Waals surface area (Å²) in [5, 5.41) is 5.05. The van der Waals surface area contributed by atoms with Crippen molar-refractivity contribution < 1.29 is 18.7 Å². The van der Waals surface area contributed by atoms with Gasteiger partial charge < -0.3 is 20.5 Å². The van der Waals surface area contributed by atoms with E-state index in [4.69, 9.17) is 15.2 Å². The summed E-state index contributed by atoms with van der Waals surface area (Å²) in [6.45, 7) is 1.15. The van der Waals surface area contributed by atoms with Gasteiger partial charge in [-0.2, -0.15) is 0 Å². The highest BCUT2D eigenvalue weighted by atomic mass is 32.1. The van der Waals surface area contributed by atoms with E-state index in [1.807, 2.05) is 0 Å². The number of hydrogen-bond donors (Lipinski definition) is 2. The Kier molecular flexibility index (Phi) is 6.45. The molecule has 0 aliphatic heterocycles. The molecular weight excluding hydrogens is 321 g/mol. The zero-order chi connectivity index (χ0) is 16.7. The Hall–Kier alpha value is -2.03. The summed E-state index contributed by atoms with van der Waals surface area (Å²) in [6.07, 6.45) is 0.614. The van der Waals surface area contributed by atoms with Crippen molar-refractivity contribution in [1.29, 1.82) is 0 Å². The first-order valence-corrected chi connectivity index (χ1v) is 7.89. The largest absolute Gasteiger partial charge is 0.489 e. The Balaban J connectivity index is 2.10. The Labute approximate surface area is 137 Å². The minimum absolute atomic E-state index is 0.250. The van der Waals surface area contributed by atoms with Crippen LogP contribution in [0.4, 0.5) is 10.1 Å². The fraction of sp³-hybridized carbons (Fsp3) is 0.333. The van der Waals surface area contributed by atoms with Gasteiger partial charge in [0.2, 0.25) is 0 Å². The molecule has 0 radical (unpaired) electrons. The molecule has 0 unspecified atom stereocenters. The molecule has 0 aliphatic rings. The molecule has 0 aliphatic carbocycles. The minimum atomic E-state index is -0.471. The number of thiazole rings is 1. The van der Waals surface area contributed by atoms with Gasteiger partial charge in [0.15, 0.2) is 0 Å². The first kappa shape index (κ1) is 17.3. The number of benzene rings is 1. The standard InChI is InChI=1S/C15H18FN3O3S/c1-21-6-7-22-13-3-2-10(16)8-11(13)19-15(20)12-9-23-14(18-12)4-5-17/h2-3,8-9H,4-7,17H2,1H3,(H,19,20). The molecule has 0 bridgehead atoms. The number of methoxy groups -OCH3 is 1. The van der Waals surface area contributed by atoms with E-state index in [2.05, 4.69) is 10.3 Å². The molecule has 3 N–H and O–H groups in total. The Bertz CT molecular complexity index is 663.